The Morgan fingerprint density at radius 3 is 2.48 bits per heavy atom. The Hall–Kier alpha value is -3.22. The minimum Gasteiger partial charge on any atom is -0.493 e. The summed E-state index contributed by atoms with van der Waals surface area (Å²) in [5, 5.41) is 0.683. The number of aromatic nitrogens is 2. The third-order valence-electron chi connectivity index (χ3n) is 6.13. The normalized spacial score (nSPS) is 14.1. The van der Waals surface area contributed by atoms with Gasteiger partial charge in [0, 0.05) is 41.8 Å². The van der Waals surface area contributed by atoms with Crippen LogP contribution in [0.4, 0.5) is 0 Å². The summed E-state index contributed by atoms with van der Waals surface area (Å²) in [4.78, 5) is 15.7. The second-order valence-electron chi connectivity index (χ2n) is 8.23. The second kappa shape index (κ2) is 9.33. The minimum absolute atomic E-state index is 0.109. The van der Waals surface area contributed by atoms with E-state index in [2.05, 4.69) is 4.90 Å². The fraction of sp³-hybridized carbons (Fsp3) is 0.269. The standard InChI is InChI=1S/C26H26ClN3O3/c1-32-25-17-22(8-9-24(25)33-15-14-28-10-2-3-11-28)30-13-12-29-18-20(16-23(29)26(30)31)19-4-6-21(27)7-5-19/h4-9,12-13,16-18H,2-3,10-11,14-15H2,1H3. The third kappa shape index (κ3) is 4.49. The molecule has 1 saturated heterocycles. The van der Waals surface area contributed by atoms with Crippen molar-refractivity contribution in [2.75, 3.05) is 33.4 Å². The van der Waals surface area contributed by atoms with Crippen molar-refractivity contribution in [1.82, 2.24) is 13.9 Å². The SMILES string of the molecule is COc1cc(-n2ccn3cc(-c4ccc(Cl)cc4)cc3c2=O)ccc1OCCN1CCCC1. The van der Waals surface area contributed by atoms with E-state index < -0.39 is 0 Å². The Kier molecular flexibility index (Phi) is 6.11. The van der Waals surface area contributed by atoms with E-state index in [1.165, 1.54) is 12.8 Å². The van der Waals surface area contributed by atoms with E-state index in [9.17, 15) is 4.79 Å². The molecule has 5 rings (SSSR count). The monoisotopic (exact) mass is 463 g/mol. The summed E-state index contributed by atoms with van der Waals surface area (Å²) in [6, 6.07) is 15.1. The van der Waals surface area contributed by atoms with Gasteiger partial charge in [-0.1, -0.05) is 23.7 Å². The first kappa shape index (κ1) is 21.6. The van der Waals surface area contributed by atoms with E-state index in [0.29, 0.717) is 28.6 Å². The number of fused-ring (bicyclic) bond motifs is 1. The fourth-order valence-electron chi connectivity index (χ4n) is 4.32. The molecule has 7 heteroatoms. The third-order valence-corrected chi connectivity index (χ3v) is 6.38. The maximum atomic E-state index is 13.3. The van der Waals surface area contributed by atoms with Crippen LogP contribution in [-0.2, 0) is 0 Å². The number of ether oxygens (including phenoxy) is 2. The van der Waals surface area contributed by atoms with Gasteiger partial charge in [0.1, 0.15) is 12.1 Å². The Bertz CT molecular complexity index is 1320. The molecule has 4 aromatic rings. The number of hydrogen-bond acceptors (Lipinski definition) is 4. The lowest BCUT2D eigenvalue weighted by Gasteiger charge is -2.17. The molecule has 0 radical (unpaired) electrons. The highest BCUT2D eigenvalue weighted by atomic mass is 35.5. The first-order valence-corrected chi connectivity index (χ1v) is 11.5. The summed E-state index contributed by atoms with van der Waals surface area (Å²) in [6.07, 6.45) is 8.12. The van der Waals surface area contributed by atoms with Crippen molar-refractivity contribution in [3.05, 3.63) is 82.5 Å². The van der Waals surface area contributed by atoms with Crippen LogP contribution in [0.25, 0.3) is 22.3 Å². The van der Waals surface area contributed by atoms with Crippen molar-refractivity contribution in [3.8, 4) is 28.3 Å². The molecule has 0 spiro atoms. The van der Waals surface area contributed by atoms with E-state index in [0.717, 1.165) is 36.4 Å². The Morgan fingerprint density at radius 2 is 1.73 bits per heavy atom. The topological polar surface area (TPSA) is 48.1 Å². The van der Waals surface area contributed by atoms with Crippen molar-refractivity contribution in [1.29, 1.82) is 0 Å². The molecule has 2 aromatic carbocycles. The van der Waals surface area contributed by atoms with Crippen LogP contribution in [0.5, 0.6) is 11.5 Å². The van der Waals surface area contributed by atoms with Gasteiger partial charge in [-0.2, -0.15) is 0 Å². The van der Waals surface area contributed by atoms with Crippen LogP contribution in [0.15, 0.2) is 71.9 Å². The van der Waals surface area contributed by atoms with E-state index >= 15 is 0 Å². The van der Waals surface area contributed by atoms with Crippen LogP contribution in [-0.4, -0.2) is 47.2 Å². The van der Waals surface area contributed by atoms with Crippen LogP contribution < -0.4 is 15.0 Å². The molecule has 0 atom stereocenters. The van der Waals surface area contributed by atoms with Gasteiger partial charge in [-0.25, -0.2) is 0 Å². The van der Waals surface area contributed by atoms with Crippen molar-refractivity contribution in [3.63, 3.8) is 0 Å². The van der Waals surface area contributed by atoms with Crippen LogP contribution >= 0.6 is 11.6 Å². The molecule has 0 bridgehead atoms. The maximum absolute atomic E-state index is 13.3. The molecule has 0 saturated carbocycles. The Morgan fingerprint density at radius 1 is 0.939 bits per heavy atom. The van der Waals surface area contributed by atoms with Gasteiger partial charge in [0.2, 0.25) is 0 Å². The molecule has 0 amide bonds. The molecule has 6 nitrogen and oxygen atoms in total. The number of nitrogens with zero attached hydrogens (tertiary/aromatic N) is 3. The van der Waals surface area contributed by atoms with Gasteiger partial charge in [-0.3, -0.25) is 14.3 Å². The van der Waals surface area contributed by atoms with E-state index in [1.54, 1.807) is 17.9 Å². The highest BCUT2D eigenvalue weighted by molar-refractivity contribution is 6.30. The molecule has 0 unspecified atom stereocenters. The number of hydrogen-bond donors (Lipinski definition) is 0. The summed E-state index contributed by atoms with van der Waals surface area (Å²) in [5.74, 6) is 1.29. The predicted molar refractivity (Wildman–Crippen MR) is 131 cm³/mol. The van der Waals surface area contributed by atoms with Gasteiger partial charge in [-0.05, 0) is 61.8 Å². The van der Waals surface area contributed by atoms with Crippen LogP contribution in [0, 0.1) is 0 Å². The summed E-state index contributed by atoms with van der Waals surface area (Å²) in [5.41, 5.74) is 3.17. The molecule has 1 fully saturated rings. The van der Waals surface area contributed by atoms with Crippen molar-refractivity contribution in [2.24, 2.45) is 0 Å². The molecular formula is C26H26ClN3O3. The zero-order valence-corrected chi connectivity index (χ0v) is 19.3. The van der Waals surface area contributed by atoms with Gasteiger partial charge in [0.05, 0.1) is 12.8 Å². The van der Waals surface area contributed by atoms with Crippen LogP contribution in [0.2, 0.25) is 5.02 Å². The largest absolute Gasteiger partial charge is 0.493 e. The molecule has 33 heavy (non-hydrogen) atoms. The van der Waals surface area contributed by atoms with Crippen molar-refractivity contribution < 1.29 is 9.47 Å². The predicted octanol–water partition coefficient (Wildman–Crippen LogP) is 4.89. The number of methoxy groups -OCH3 is 1. The maximum Gasteiger partial charge on any atom is 0.279 e. The summed E-state index contributed by atoms with van der Waals surface area (Å²) in [6.45, 7) is 3.80. The lowest BCUT2D eigenvalue weighted by molar-refractivity contribution is 0.230. The molecule has 2 aromatic heterocycles. The average molecular weight is 464 g/mol. The average Bonchev–Trinajstić information content (AvgIpc) is 3.51. The fourth-order valence-corrected chi connectivity index (χ4v) is 4.45. The number of halogens is 1. The quantitative estimate of drug-likeness (QED) is 0.391. The summed E-state index contributed by atoms with van der Waals surface area (Å²) < 4.78 is 15.0. The lowest BCUT2D eigenvalue weighted by Crippen LogP contribution is -2.25. The summed E-state index contributed by atoms with van der Waals surface area (Å²) in [7, 11) is 1.61. The van der Waals surface area contributed by atoms with Gasteiger partial charge in [0.15, 0.2) is 11.5 Å². The Balaban J connectivity index is 1.41. The zero-order chi connectivity index (χ0) is 22.8. The van der Waals surface area contributed by atoms with Gasteiger partial charge < -0.3 is 13.9 Å². The van der Waals surface area contributed by atoms with Gasteiger partial charge >= 0.3 is 0 Å². The minimum atomic E-state index is -0.109. The first-order chi connectivity index (χ1) is 16.1. The van der Waals surface area contributed by atoms with E-state index in [-0.39, 0.29) is 5.56 Å². The lowest BCUT2D eigenvalue weighted by atomic mass is 10.1. The zero-order valence-electron chi connectivity index (χ0n) is 18.5. The van der Waals surface area contributed by atoms with Crippen LogP contribution in [0.1, 0.15) is 12.8 Å². The van der Waals surface area contributed by atoms with Crippen molar-refractivity contribution in [2.45, 2.75) is 12.8 Å². The van der Waals surface area contributed by atoms with Gasteiger partial charge in [0.25, 0.3) is 5.56 Å². The number of likely N-dealkylation sites (tertiary alicyclic amines) is 1. The molecular weight excluding hydrogens is 438 g/mol. The van der Waals surface area contributed by atoms with Crippen LogP contribution in [0.3, 0.4) is 0 Å². The molecule has 0 aliphatic carbocycles. The number of rotatable bonds is 7. The molecule has 1 aliphatic rings. The van der Waals surface area contributed by atoms with E-state index in [1.807, 2.05) is 65.3 Å². The first-order valence-electron chi connectivity index (χ1n) is 11.2. The molecule has 3 heterocycles. The Labute approximate surface area is 197 Å². The number of benzene rings is 2. The van der Waals surface area contributed by atoms with Crippen molar-refractivity contribution >= 4 is 17.1 Å². The summed E-state index contributed by atoms with van der Waals surface area (Å²) >= 11 is 6.01. The highest BCUT2D eigenvalue weighted by Gasteiger charge is 2.14. The molecule has 0 N–H and O–H groups in total. The molecule has 1 aliphatic heterocycles. The molecule has 170 valence electrons. The highest BCUT2D eigenvalue weighted by Crippen LogP contribution is 2.30. The smallest absolute Gasteiger partial charge is 0.279 e. The van der Waals surface area contributed by atoms with E-state index in [4.69, 9.17) is 21.1 Å². The second-order valence-corrected chi connectivity index (χ2v) is 8.67. The van der Waals surface area contributed by atoms with Gasteiger partial charge in [-0.15, -0.1) is 0 Å².